The van der Waals surface area contributed by atoms with Gasteiger partial charge in [-0.2, -0.15) is 0 Å². The molecule has 5 aromatic carbocycles. The second kappa shape index (κ2) is 20.2. The molecule has 0 radical (unpaired) electrons. The van der Waals surface area contributed by atoms with E-state index in [1.54, 1.807) is 36.4 Å². The minimum atomic E-state index is -0.928. The van der Waals surface area contributed by atoms with E-state index in [0.29, 0.717) is 12.1 Å². The number of anilines is 1. The van der Waals surface area contributed by atoms with Gasteiger partial charge in [0.25, 0.3) is 0 Å². The van der Waals surface area contributed by atoms with E-state index >= 15 is 0 Å². The summed E-state index contributed by atoms with van der Waals surface area (Å²) >= 11 is 0. The molecule has 0 spiro atoms. The van der Waals surface area contributed by atoms with Gasteiger partial charge in [-0.1, -0.05) is 133 Å². The third kappa shape index (κ3) is 11.4. The standard InChI is InChI=1S/C44H43N5O8/c50-40-37(22-13-27-45-41(47-43(52)55-29-32-16-7-2-8-17-32)48-44(53)56-30-33-18-9-3-10-19-33)39(38(57-54)28-31-14-5-1-6-15-31)49(40)42(51)46-36-25-23-35(24-26-36)34-20-11-4-12-21-34/h1-12,14-21,23-26,37-39,54H,13,22,27-30H2,(H,46,51)(H2,45,47,48,52,53). The van der Waals surface area contributed by atoms with Crippen LogP contribution in [0.25, 0.3) is 11.1 Å². The number of hydrogen-bond acceptors (Lipinski definition) is 9. The molecule has 3 atom stereocenters. The highest BCUT2D eigenvalue weighted by Gasteiger charge is 2.54. The normalized spacial score (nSPS) is 15.0. The van der Waals surface area contributed by atoms with E-state index in [4.69, 9.17) is 14.4 Å². The average Bonchev–Trinajstić information content (AvgIpc) is 3.24. The number of rotatable bonds is 14. The van der Waals surface area contributed by atoms with Crippen LogP contribution in [0.1, 0.15) is 29.5 Å². The van der Waals surface area contributed by atoms with Crippen molar-refractivity contribution in [1.29, 1.82) is 0 Å². The number of alkyl carbamates (subject to hydrolysis) is 2. The van der Waals surface area contributed by atoms with Gasteiger partial charge in [-0.05, 0) is 52.8 Å². The third-order valence-corrected chi connectivity index (χ3v) is 9.33. The topological polar surface area (TPSA) is 168 Å². The minimum absolute atomic E-state index is 0.0102. The first-order chi connectivity index (χ1) is 27.9. The summed E-state index contributed by atoms with van der Waals surface area (Å²) in [4.78, 5) is 63.1. The van der Waals surface area contributed by atoms with Crippen molar-refractivity contribution in [3.63, 3.8) is 0 Å². The first kappa shape index (κ1) is 39.9. The number of hydrogen-bond donors (Lipinski definition) is 4. The Morgan fingerprint density at radius 2 is 1.16 bits per heavy atom. The van der Waals surface area contributed by atoms with Gasteiger partial charge >= 0.3 is 18.2 Å². The van der Waals surface area contributed by atoms with Crippen molar-refractivity contribution >= 4 is 35.8 Å². The summed E-state index contributed by atoms with van der Waals surface area (Å²) in [6.07, 6.45) is -1.85. The molecule has 0 bridgehead atoms. The largest absolute Gasteiger partial charge is 0.444 e. The molecule has 5 amide bonds. The lowest BCUT2D eigenvalue weighted by Gasteiger charge is -2.48. The number of likely N-dealkylation sites (tertiary alicyclic amines) is 1. The Balaban J connectivity index is 1.11. The van der Waals surface area contributed by atoms with Crippen LogP contribution in [0.15, 0.2) is 151 Å². The summed E-state index contributed by atoms with van der Waals surface area (Å²) in [6.45, 7) is 0.0422. The molecule has 5 aromatic rings. The Hall–Kier alpha value is -6.83. The van der Waals surface area contributed by atoms with Crippen molar-refractivity contribution in [2.75, 3.05) is 11.9 Å². The van der Waals surface area contributed by atoms with Gasteiger partial charge in [0, 0.05) is 18.7 Å². The fourth-order valence-corrected chi connectivity index (χ4v) is 6.48. The molecule has 6 rings (SSSR count). The van der Waals surface area contributed by atoms with Crippen molar-refractivity contribution in [3.8, 4) is 11.1 Å². The van der Waals surface area contributed by atoms with Gasteiger partial charge in [0.1, 0.15) is 19.3 Å². The number of ether oxygens (including phenoxy) is 2. The SMILES string of the molecule is O=C(NC(=NCCCC1C(=O)N(C(=O)Nc2ccc(-c3ccccc3)cc2)C1C(Cc1ccccc1)OO)NC(=O)OCc1ccccc1)OCc1ccccc1. The molecule has 13 nitrogen and oxygen atoms in total. The Kier molecular flexibility index (Phi) is 14.1. The van der Waals surface area contributed by atoms with Gasteiger partial charge < -0.3 is 14.8 Å². The maximum Gasteiger partial charge on any atom is 0.414 e. The van der Waals surface area contributed by atoms with E-state index in [9.17, 15) is 24.4 Å². The Morgan fingerprint density at radius 1 is 0.667 bits per heavy atom. The van der Waals surface area contributed by atoms with Crippen LogP contribution in [0.3, 0.4) is 0 Å². The van der Waals surface area contributed by atoms with Crippen molar-refractivity contribution in [1.82, 2.24) is 15.5 Å². The molecule has 1 saturated heterocycles. The monoisotopic (exact) mass is 769 g/mol. The van der Waals surface area contributed by atoms with Gasteiger partial charge in [-0.15, -0.1) is 0 Å². The molecule has 57 heavy (non-hydrogen) atoms. The number of carbonyl (C=O) groups is 4. The summed E-state index contributed by atoms with van der Waals surface area (Å²) in [5, 5.41) is 17.8. The van der Waals surface area contributed by atoms with E-state index in [0.717, 1.165) is 32.7 Å². The molecule has 0 saturated carbocycles. The van der Waals surface area contributed by atoms with Crippen molar-refractivity contribution in [3.05, 3.63) is 162 Å². The van der Waals surface area contributed by atoms with Crippen LogP contribution in [0.5, 0.6) is 0 Å². The van der Waals surface area contributed by atoms with Crippen LogP contribution in [-0.2, 0) is 38.8 Å². The molecule has 13 heteroatoms. The van der Waals surface area contributed by atoms with Crippen molar-refractivity contribution in [2.24, 2.45) is 10.9 Å². The summed E-state index contributed by atoms with van der Waals surface area (Å²) in [5.74, 6) is -1.35. The number of β-lactam (4-membered cyclic amide) rings is 1. The van der Waals surface area contributed by atoms with Gasteiger partial charge in [0.05, 0.1) is 12.0 Å². The Labute approximate surface area is 330 Å². The fourth-order valence-electron chi connectivity index (χ4n) is 6.48. The summed E-state index contributed by atoms with van der Waals surface area (Å²) in [7, 11) is 0. The molecule has 1 heterocycles. The number of amides is 5. The number of nitrogens with one attached hydrogen (secondary N) is 3. The number of urea groups is 1. The Morgan fingerprint density at radius 3 is 1.68 bits per heavy atom. The van der Waals surface area contributed by atoms with E-state index in [-0.39, 0.29) is 38.6 Å². The van der Waals surface area contributed by atoms with Gasteiger partial charge in [0.2, 0.25) is 11.9 Å². The van der Waals surface area contributed by atoms with Crippen LogP contribution in [0.4, 0.5) is 20.1 Å². The number of imide groups is 1. The number of guanidine groups is 1. The van der Waals surface area contributed by atoms with E-state index < -0.39 is 42.2 Å². The second-order valence-corrected chi connectivity index (χ2v) is 13.3. The highest BCUT2D eigenvalue weighted by Crippen LogP contribution is 2.36. The molecule has 3 unspecified atom stereocenters. The highest BCUT2D eigenvalue weighted by molar-refractivity contribution is 6.06. The number of nitrogens with zero attached hydrogens (tertiary/aromatic N) is 2. The van der Waals surface area contributed by atoms with Crippen LogP contribution in [0, 0.1) is 5.92 Å². The lowest BCUT2D eigenvalue weighted by atomic mass is 9.79. The zero-order chi connectivity index (χ0) is 39.8. The van der Waals surface area contributed by atoms with Crippen LogP contribution in [0.2, 0.25) is 0 Å². The summed E-state index contributed by atoms with van der Waals surface area (Å²) in [6, 6.07) is 43.1. The number of aliphatic imine (C=N–C) groups is 1. The van der Waals surface area contributed by atoms with Crippen LogP contribution in [-0.4, -0.2) is 58.9 Å². The number of carbonyl (C=O) groups excluding carboxylic acids is 4. The maximum absolute atomic E-state index is 13.7. The van der Waals surface area contributed by atoms with Crippen molar-refractivity contribution < 1.29 is 38.8 Å². The third-order valence-electron chi connectivity index (χ3n) is 9.33. The predicted molar refractivity (Wildman–Crippen MR) is 214 cm³/mol. The first-order valence-electron chi connectivity index (χ1n) is 18.5. The van der Waals surface area contributed by atoms with E-state index in [1.807, 2.05) is 109 Å². The number of benzene rings is 5. The lowest BCUT2D eigenvalue weighted by molar-refractivity contribution is -0.296. The average molecular weight is 770 g/mol. The molecule has 1 fully saturated rings. The Bertz CT molecular complexity index is 2040. The lowest BCUT2D eigenvalue weighted by Crippen LogP contribution is -2.68. The van der Waals surface area contributed by atoms with Crippen LogP contribution < -0.4 is 16.0 Å². The zero-order valence-electron chi connectivity index (χ0n) is 31.0. The predicted octanol–water partition coefficient (Wildman–Crippen LogP) is 7.80. The molecule has 1 aliphatic rings. The summed E-state index contributed by atoms with van der Waals surface area (Å²) < 4.78 is 10.6. The first-order valence-corrected chi connectivity index (χ1v) is 18.5. The molecule has 0 aromatic heterocycles. The van der Waals surface area contributed by atoms with E-state index in [2.05, 4.69) is 20.9 Å². The molecule has 292 valence electrons. The zero-order valence-corrected chi connectivity index (χ0v) is 31.0. The van der Waals surface area contributed by atoms with Gasteiger partial charge in [-0.25, -0.2) is 19.3 Å². The van der Waals surface area contributed by atoms with Gasteiger partial charge in [-0.3, -0.25) is 30.6 Å². The minimum Gasteiger partial charge on any atom is -0.444 e. The quantitative estimate of drug-likeness (QED) is 0.0222. The maximum atomic E-state index is 13.7. The molecule has 1 aliphatic heterocycles. The molecule has 4 N–H and O–H groups in total. The molecule has 0 aliphatic carbocycles. The van der Waals surface area contributed by atoms with Gasteiger partial charge in [0.15, 0.2) is 0 Å². The fraction of sp³-hybridized carbons (Fsp3) is 0.205. The summed E-state index contributed by atoms with van der Waals surface area (Å²) in [5.41, 5.74) is 4.85. The van der Waals surface area contributed by atoms with E-state index in [1.165, 1.54) is 0 Å². The second-order valence-electron chi connectivity index (χ2n) is 13.3. The molecular formula is C44H43N5O8. The van der Waals surface area contributed by atoms with Crippen molar-refractivity contribution in [2.45, 2.75) is 44.6 Å². The smallest absolute Gasteiger partial charge is 0.414 e. The molecular weight excluding hydrogens is 727 g/mol. The van der Waals surface area contributed by atoms with Crippen LogP contribution >= 0.6 is 0 Å². The highest BCUT2D eigenvalue weighted by atomic mass is 17.1.